The van der Waals surface area contributed by atoms with Gasteiger partial charge in [0.05, 0.1) is 106 Å². The molecule has 13 rings (SSSR count). The first-order valence-electron chi connectivity index (χ1n) is 49.1. The van der Waals surface area contributed by atoms with Gasteiger partial charge in [-0.25, -0.2) is 9.59 Å². The molecule has 142 heavy (non-hydrogen) atoms. The Kier molecular flexibility index (Phi) is 36.8. The number of aliphatic hydroxyl groups is 25. The summed E-state index contributed by atoms with van der Waals surface area (Å²) in [7, 11) is 0. The van der Waals surface area contributed by atoms with Crippen LogP contribution in [-0.4, -0.2) is 455 Å². The molecule has 0 aromatic heterocycles. The summed E-state index contributed by atoms with van der Waals surface area (Å²) in [4.78, 5) is 45.3. The van der Waals surface area contributed by atoms with Crippen molar-refractivity contribution < 1.29 is 227 Å². The van der Waals surface area contributed by atoms with Gasteiger partial charge in [-0.1, -0.05) is 84.4 Å². The number of allylic oxidation sites excluding steroid dienone is 4. The summed E-state index contributed by atoms with van der Waals surface area (Å²) >= 11 is 0. The van der Waals surface area contributed by atoms with Crippen LogP contribution in [0, 0.1) is 50.2 Å². The highest BCUT2D eigenvalue weighted by atomic mass is 16.8. The van der Waals surface area contributed by atoms with Crippen molar-refractivity contribution in [1.29, 1.82) is 0 Å². The third kappa shape index (κ3) is 22.3. The van der Waals surface area contributed by atoms with Crippen LogP contribution in [0.3, 0.4) is 0 Å². The minimum atomic E-state index is -2.30. The normalized spacial score (nSPS) is 48.0. The van der Waals surface area contributed by atoms with Crippen molar-refractivity contribution in [2.45, 2.75) is 416 Å². The van der Waals surface area contributed by atoms with E-state index in [1.807, 2.05) is 20.8 Å². The lowest BCUT2D eigenvalue weighted by Gasteiger charge is -2.72. The number of hydrogen-bond donors (Lipinski definition) is 25. The lowest BCUT2D eigenvalue weighted by atomic mass is 9.33. The Hall–Kier alpha value is -4.49. The van der Waals surface area contributed by atoms with Gasteiger partial charge in [0.25, 0.3) is 0 Å². The molecule has 13 aliphatic rings. The maximum atomic E-state index is 16.9. The van der Waals surface area contributed by atoms with Crippen LogP contribution in [0.15, 0.2) is 60.3 Å². The maximum absolute atomic E-state index is 16.9. The van der Waals surface area contributed by atoms with E-state index in [4.69, 9.17) is 85.3 Å². The summed E-state index contributed by atoms with van der Waals surface area (Å²) < 4.78 is 110. The third-order valence-corrected chi connectivity index (χ3v) is 33.5. The molecule has 25 N–H and O–H groups in total. The molecule has 812 valence electrons. The van der Waals surface area contributed by atoms with E-state index >= 15 is 9.59 Å². The van der Waals surface area contributed by atoms with Gasteiger partial charge in [-0.2, -0.15) is 0 Å². The molecule has 1 unspecified atom stereocenters. The summed E-state index contributed by atoms with van der Waals surface area (Å²) in [6.45, 7) is 21.3. The monoisotopic (exact) mass is 2040 g/mol. The molecular weight excluding hydrogens is 1890 g/mol. The first kappa shape index (κ1) is 115. The molecule has 49 atom stereocenters. The van der Waals surface area contributed by atoms with E-state index < -0.39 is 372 Å². The fourth-order valence-corrected chi connectivity index (χ4v) is 24.4. The number of hydrogen-bond acceptors (Lipinski definition) is 46. The Balaban J connectivity index is 0.799. The summed E-state index contributed by atoms with van der Waals surface area (Å²) in [5.74, 6) is -4.81. The smallest absolute Gasteiger partial charge is 0.336 e. The van der Waals surface area contributed by atoms with Crippen molar-refractivity contribution in [3.63, 3.8) is 0 Å². The number of rotatable bonds is 35. The summed E-state index contributed by atoms with van der Waals surface area (Å²) in [6, 6.07) is 0. The standard InChI is InChI=1S/C96H152O46/c1-14-91(9,124)24-16-18-43(33-98)80(122)136-74-40(3)127-58(28-46(74)103)142-92(10,15-2)25-17-19-42(32-97)79(121)134-57-31-96(88(123)141-87-78(67(114)62(109)50(36-101)132-87)140-85-73(120)76(138-83-71(118)65(112)60(107)48(34-99)129-83)75(41(4)128-85)137-82-70(117)63(110)51(37-102)131-82)45(29-89(57,5)6)44-20-21-54-93(11)26-23-56(90(7,8)53(93)22-27-94(54,12)95(44,13)30-55(96)105)135-86-77(139-84-72(119)66(113)61(108)49(35-100)130-84)68(115)64(111)52(133-86)39-126-81-69(116)59(106)47(104)38-125-81/h14-15,18-20,40-41,45-78,81-87,97-120,124H,1-2,16-17,21-39H2,3-13H3/b42-19+,43-18+/t40-,41+,45-,46-,47+,48-,49-,50-,51+,52-,53+,54-,55-,56+,57+,58+,59+,60-,61-,62-,63+,64-,65+,66+,67+,68+,69-,70-,71-,72-,73-,74-,75+,76+,77-,78-,81+,82+,83+,84+,85+,86+,87+,91?,92-,93+,94-,95-,96-/m1/s1. The van der Waals surface area contributed by atoms with E-state index in [1.165, 1.54) is 38.2 Å². The van der Waals surface area contributed by atoms with E-state index in [9.17, 15) is 132 Å². The maximum Gasteiger partial charge on any atom is 0.336 e. The summed E-state index contributed by atoms with van der Waals surface area (Å²) in [6.07, 6.45) is -60.9. The first-order valence-corrected chi connectivity index (χ1v) is 49.1. The molecule has 5 aliphatic carbocycles. The van der Waals surface area contributed by atoms with Gasteiger partial charge < -0.3 is 213 Å². The molecule has 0 spiro atoms. The van der Waals surface area contributed by atoms with Crippen LogP contribution in [0.2, 0.25) is 0 Å². The van der Waals surface area contributed by atoms with E-state index in [0.29, 0.717) is 31.3 Å². The van der Waals surface area contributed by atoms with Crippen molar-refractivity contribution in [3.8, 4) is 0 Å². The highest BCUT2D eigenvalue weighted by Gasteiger charge is 2.74. The lowest BCUT2D eigenvalue weighted by molar-refractivity contribution is -0.390. The molecule has 8 aliphatic heterocycles. The van der Waals surface area contributed by atoms with Crippen molar-refractivity contribution in [3.05, 3.63) is 60.3 Å². The van der Waals surface area contributed by atoms with Gasteiger partial charge in [0, 0.05) is 18.3 Å². The molecule has 0 bridgehead atoms. The number of fused-ring (bicyclic) bond motifs is 7. The Morgan fingerprint density at radius 3 is 1.50 bits per heavy atom. The van der Waals surface area contributed by atoms with Gasteiger partial charge in [0.15, 0.2) is 56.2 Å². The van der Waals surface area contributed by atoms with Crippen molar-refractivity contribution >= 4 is 17.9 Å². The number of aliphatic hydroxyl groups excluding tert-OH is 24. The van der Waals surface area contributed by atoms with E-state index in [2.05, 4.69) is 33.1 Å². The molecule has 8 saturated heterocycles. The molecule has 0 amide bonds. The predicted octanol–water partition coefficient (Wildman–Crippen LogP) is -6.06. The second-order valence-corrected chi connectivity index (χ2v) is 43.3. The van der Waals surface area contributed by atoms with Crippen LogP contribution >= 0.6 is 0 Å². The molecule has 0 radical (unpaired) electrons. The van der Waals surface area contributed by atoms with Crippen molar-refractivity contribution in [2.75, 3.05) is 52.9 Å². The summed E-state index contributed by atoms with van der Waals surface area (Å²) in [5.41, 5.74) is -8.97. The molecule has 8 heterocycles. The average Bonchev–Trinajstić information content (AvgIpc) is 0.686. The van der Waals surface area contributed by atoms with Gasteiger partial charge >= 0.3 is 17.9 Å². The molecule has 46 heteroatoms. The number of ether oxygens (including phenoxy) is 18. The Labute approximate surface area is 821 Å². The van der Waals surface area contributed by atoms with Crippen LogP contribution in [0.1, 0.15) is 160 Å². The summed E-state index contributed by atoms with van der Waals surface area (Å²) in [5, 5.41) is 278. The zero-order valence-corrected chi connectivity index (χ0v) is 81.7. The van der Waals surface area contributed by atoms with Crippen molar-refractivity contribution in [2.24, 2.45) is 50.2 Å². The highest BCUT2D eigenvalue weighted by Crippen LogP contribution is 2.76. The minimum Gasteiger partial charge on any atom is -0.458 e. The van der Waals surface area contributed by atoms with Crippen LogP contribution in [0.25, 0.3) is 0 Å². The highest BCUT2D eigenvalue weighted by molar-refractivity contribution is 5.89. The average molecular weight is 2040 g/mol. The fraction of sp³-hybridized carbons (Fsp3) is 0.865. The quantitative estimate of drug-likeness (QED) is 0.00923. The Bertz CT molecular complexity index is 4310. The first-order chi connectivity index (χ1) is 66.7. The molecule has 0 aromatic rings. The van der Waals surface area contributed by atoms with Gasteiger partial charge in [-0.15, -0.1) is 13.2 Å². The molecule has 12 fully saturated rings. The van der Waals surface area contributed by atoms with Gasteiger partial charge in [0.1, 0.15) is 158 Å². The van der Waals surface area contributed by atoms with E-state index in [1.54, 1.807) is 27.7 Å². The van der Waals surface area contributed by atoms with Crippen LogP contribution < -0.4 is 0 Å². The van der Waals surface area contributed by atoms with Gasteiger partial charge in [-0.05, 0) is 138 Å². The Morgan fingerprint density at radius 2 is 0.951 bits per heavy atom. The van der Waals surface area contributed by atoms with E-state index in [0.717, 1.165) is 0 Å². The second kappa shape index (κ2) is 45.6. The Morgan fingerprint density at radius 1 is 0.465 bits per heavy atom. The van der Waals surface area contributed by atoms with Crippen LogP contribution in [-0.2, 0) is 99.6 Å². The van der Waals surface area contributed by atoms with Crippen LogP contribution in [0.5, 0.6) is 0 Å². The number of carbonyl (C=O) groups excluding carboxylic acids is 3. The predicted molar refractivity (Wildman–Crippen MR) is 478 cm³/mol. The molecule has 0 aromatic carbocycles. The fourth-order valence-electron chi connectivity index (χ4n) is 24.4. The zero-order valence-electron chi connectivity index (χ0n) is 81.7. The molecular formula is C96H152O46. The second-order valence-electron chi connectivity index (χ2n) is 43.3. The lowest BCUT2D eigenvalue weighted by Crippen LogP contribution is -2.70. The SMILES string of the molecule is C=CC(C)(O)CC/C=C(\CO)C(=O)O[C@H]1[C@H](O)C[C@H](O[C@](C)(C=C)CC/C=C(\CO)C(=O)O[C@H]2C[C@]3(C(=O)O[C@@H]4O[C@H](CO)[C@@H](O)[C@H](O)[C@H]4O[C@@H]4O[C@@H](C)[C@H](O[C@@H]5O[C@@H](CO)[C@H](O)[C@H]5O)[C@@H](O[C@@H]5O[C@H](CO)[C@@H](O)[C@H](O)[C@H]5O)[C@H]4O)[C@H](O)C[C@]4(C)C(=CC[C@@H]5[C@@]6(C)CC[C@H](O[C@@H]7O[C@H](CO[C@@H]8OC[C@H](O)[C@H](O)[C@H]8O)[C@@H](O)[C@H](O)[C@H]7O[C@@H]7O[C@H](CO)[C@@H](O)[C@H](O)[C@H]7O)C(C)(C)[C@@H]6CC[C@]54C)[C@H]3CC2(C)C)O[C@@H]1C. The van der Waals surface area contributed by atoms with Gasteiger partial charge in [0.2, 0.25) is 6.29 Å². The zero-order chi connectivity index (χ0) is 104. The minimum absolute atomic E-state index is 0.0122. The number of carbonyl (C=O) groups is 3. The molecule has 4 saturated carbocycles. The van der Waals surface area contributed by atoms with Crippen molar-refractivity contribution in [1.82, 2.24) is 0 Å². The topological polar surface area (TPSA) is 723 Å². The number of esters is 3. The largest absolute Gasteiger partial charge is 0.458 e. The third-order valence-electron chi connectivity index (χ3n) is 33.5. The van der Waals surface area contributed by atoms with Gasteiger partial charge in [-0.3, -0.25) is 4.79 Å². The van der Waals surface area contributed by atoms with Crippen LogP contribution in [0.4, 0.5) is 0 Å². The molecule has 46 nitrogen and oxygen atoms in total. The van der Waals surface area contributed by atoms with E-state index in [-0.39, 0.29) is 74.3 Å².